The molecule has 0 bridgehead atoms. The lowest BCUT2D eigenvalue weighted by atomic mass is 10.3. The molecule has 0 N–H and O–H groups in total. The number of nitrogens with zero attached hydrogens (tertiary/aromatic N) is 3. The zero-order chi connectivity index (χ0) is 22.2. The summed E-state index contributed by atoms with van der Waals surface area (Å²) >= 11 is 33.7. The third-order valence-electron chi connectivity index (χ3n) is 4.14. The van der Waals surface area contributed by atoms with Crippen molar-refractivity contribution in [3.8, 4) is 5.75 Å². The number of ether oxygens (including phenoxy) is 1. The van der Waals surface area contributed by atoms with Crippen molar-refractivity contribution in [1.82, 2.24) is 14.7 Å². The molecule has 1 aromatic carbocycles. The highest BCUT2D eigenvalue weighted by atomic mass is 79.9. The molecule has 3 rings (SSSR count). The van der Waals surface area contributed by atoms with Crippen LogP contribution in [0.1, 0.15) is 22.0 Å². The average molecular weight is 576 g/mol. The standard InChI is InChI=1S/C18H13BrCl5N3O3/c1-26(6-10-9(19)5-25-27(10)2)18(28)11-4-3-8(30-11)7-29-17-15(23)13(21)12(20)14(22)16(17)24/h3-5H,6-7H2,1-2H3. The van der Waals surface area contributed by atoms with E-state index >= 15 is 0 Å². The fraction of sp³-hybridized carbons (Fsp3) is 0.222. The molecule has 0 radical (unpaired) electrons. The van der Waals surface area contributed by atoms with E-state index in [0.717, 1.165) is 10.2 Å². The van der Waals surface area contributed by atoms with Crippen molar-refractivity contribution in [2.45, 2.75) is 13.2 Å². The molecule has 2 heterocycles. The highest BCUT2D eigenvalue weighted by Crippen LogP contribution is 2.48. The van der Waals surface area contributed by atoms with Gasteiger partial charge in [-0.3, -0.25) is 9.48 Å². The molecule has 3 aromatic rings. The molecule has 0 fully saturated rings. The summed E-state index contributed by atoms with van der Waals surface area (Å²) in [4.78, 5) is 14.2. The Bertz CT molecular complexity index is 1070. The van der Waals surface area contributed by atoms with Gasteiger partial charge < -0.3 is 14.1 Å². The second-order valence-electron chi connectivity index (χ2n) is 6.18. The van der Waals surface area contributed by atoms with Gasteiger partial charge in [-0.05, 0) is 28.1 Å². The summed E-state index contributed by atoms with van der Waals surface area (Å²) in [6.45, 7) is 0.285. The third kappa shape index (κ3) is 4.71. The minimum Gasteiger partial charge on any atom is -0.482 e. The van der Waals surface area contributed by atoms with E-state index in [1.165, 1.54) is 4.90 Å². The van der Waals surface area contributed by atoms with Crippen molar-refractivity contribution in [3.63, 3.8) is 0 Å². The van der Waals surface area contributed by atoms with Gasteiger partial charge in [-0.15, -0.1) is 0 Å². The van der Waals surface area contributed by atoms with Crippen molar-refractivity contribution in [1.29, 1.82) is 0 Å². The second-order valence-corrected chi connectivity index (χ2v) is 8.92. The van der Waals surface area contributed by atoms with E-state index in [1.807, 2.05) is 0 Å². The number of carbonyl (C=O) groups is 1. The maximum atomic E-state index is 12.7. The van der Waals surface area contributed by atoms with E-state index in [9.17, 15) is 4.79 Å². The largest absolute Gasteiger partial charge is 0.482 e. The van der Waals surface area contributed by atoms with Crippen LogP contribution in [0.2, 0.25) is 25.1 Å². The number of carbonyl (C=O) groups excluding carboxylic acids is 1. The Labute approximate surface area is 205 Å². The molecule has 0 aliphatic rings. The van der Waals surface area contributed by atoms with Crippen LogP contribution in [0.25, 0.3) is 0 Å². The van der Waals surface area contributed by atoms with Crippen LogP contribution in [0.4, 0.5) is 0 Å². The van der Waals surface area contributed by atoms with Crippen molar-refractivity contribution >= 4 is 79.8 Å². The molecule has 0 spiro atoms. The van der Waals surface area contributed by atoms with E-state index in [-0.39, 0.29) is 49.1 Å². The molecule has 2 aromatic heterocycles. The maximum Gasteiger partial charge on any atom is 0.289 e. The summed E-state index contributed by atoms with van der Waals surface area (Å²) in [5.74, 6) is 0.296. The lowest BCUT2D eigenvalue weighted by molar-refractivity contribution is 0.0746. The Hall–Kier alpha value is -1.09. The van der Waals surface area contributed by atoms with Gasteiger partial charge in [-0.25, -0.2) is 0 Å². The first-order valence-corrected chi connectivity index (χ1v) is 10.9. The molecule has 160 valence electrons. The van der Waals surface area contributed by atoms with Gasteiger partial charge in [-0.1, -0.05) is 58.0 Å². The van der Waals surface area contributed by atoms with Gasteiger partial charge >= 0.3 is 0 Å². The molecule has 30 heavy (non-hydrogen) atoms. The van der Waals surface area contributed by atoms with Gasteiger partial charge in [0, 0.05) is 14.1 Å². The van der Waals surface area contributed by atoms with Crippen molar-refractivity contribution in [2.75, 3.05) is 7.05 Å². The number of furan rings is 1. The van der Waals surface area contributed by atoms with Crippen LogP contribution in [-0.4, -0.2) is 27.6 Å². The van der Waals surface area contributed by atoms with Crippen molar-refractivity contribution in [3.05, 3.63) is 65.1 Å². The number of rotatable bonds is 6. The summed E-state index contributed by atoms with van der Waals surface area (Å²) in [6.07, 6.45) is 1.67. The fourth-order valence-electron chi connectivity index (χ4n) is 2.52. The SMILES string of the molecule is CN(Cc1c(Br)cnn1C)C(=O)c1ccc(COc2c(Cl)c(Cl)c(Cl)c(Cl)c2Cl)o1. The first-order chi connectivity index (χ1) is 14.1. The summed E-state index contributed by atoms with van der Waals surface area (Å²) in [7, 11) is 3.46. The van der Waals surface area contributed by atoms with E-state index < -0.39 is 0 Å². The van der Waals surface area contributed by atoms with Gasteiger partial charge in [-0.2, -0.15) is 5.10 Å². The van der Waals surface area contributed by atoms with E-state index in [1.54, 1.807) is 37.1 Å². The van der Waals surface area contributed by atoms with Crippen LogP contribution in [0.15, 0.2) is 27.2 Å². The summed E-state index contributed by atoms with van der Waals surface area (Å²) < 4.78 is 13.7. The molecule has 0 unspecified atom stereocenters. The zero-order valence-corrected chi connectivity index (χ0v) is 20.8. The third-order valence-corrected chi connectivity index (χ3v) is 7.05. The Morgan fingerprint density at radius 2 is 1.73 bits per heavy atom. The van der Waals surface area contributed by atoms with E-state index in [4.69, 9.17) is 67.2 Å². The van der Waals surface area contributed by atoms with Gasteiger partial charge in [0.2, 0.25) is 0 Å². The number of halogens is 6. The number of aryl methyl sites for hydroxylation is 1. The summed E-state index contributed by atoms with van der Waals surface area (Å²) in [5, 5.41) is 4.28. The number of benzene rings is 1. The normalized spacial score (nSPS) is 11.1. The van der Waals surface area contributed by atoms with Crippen LogP contribution in [-0.2, 0) is 20.2 Å². The molecule has 1 amide bonds. The first kappa shape index (κ1) is 23.6. The highest BCUT2D eigenvalue weighted by molar-refractivity contribution is 9.10. The maximum absolute atomic E-state index is 12.7. The van der Waals surface area contributed by atoms with Crippen LogP contribution < -0.4 is 4.74 Å². The van der Waals surface area contributed by atoms with Gasteiger partial charge in [0.1, 0.15) is 22.4 Å². The summed E-state index contributed by atoms with van der Waals surface area (Å²) in [6, 6.07) is 3.17. The molecule has 0 saturated carbocycles. The molecule has 0 aliphatic heterocycles. The highest BCUT2D eigenvalue weighted by Gasteiger charge is 2.22. The fourth-order valence-corrected chi connectivity index (χ4v) is 4.23. The van der Waals surface area contributed by atoms with Crippen LogP contribution in [0, 0.1) is 0 Å². The quantitative estimate of drug-likeness (QED) is 0.237. The Kier molecular flexibility index (Phi) is 7.53. The minimum atomic E-state index is -0.303. The van der Waals surface area contributed by atoms with Crippen LogP contribution in [0.3, 0.4) is 0 Å². The zero-order valence-electron chi connectivity index (χ0n) is 15.5. The molecule has 0 saturated heterocycles. The average Bonchev–Trinajstić information content (AvgIpc) is 3.32. The van der Waals surface area contributed by atoms with Crippen molar-refractivity contribution in [2.24, 2.45) is 7.05 Å². The lowest BCUT2D eigenvalue weighted by Crippen LogP contribution is -2.27. The smallest absolute Gasteiger partial charge is 0.289 e. The minimum absolute atomic E-state index is 0.0282. The molecule has 0 aliphatic carbocycles. The number of hydrogen-bond acceptors (Lipinski definition) is 4. The molecular formula is C18H13BrCl5N3O3. The molecule has 12 heteroatoms. The van der Waals surface area contributed by atoms with E-state index in [2.05, 4.69) is 21.0 Å². The number of amides is 1. The Morgan fingerprint density at radius 3 is 2.30 bits per heavy atom. The summed E-state index contributed by atoms with van der Waals surface area (Å²) in [5.41, 5.74) is 0.849. The van der Waals surface area contributed by atoms with Crippen LogP contribution in [0.5, 0.6) is 5.75 Å². The molecular weight excluding hydrogens is 563 g/mol. The number of aromatic nitrogens is 2. The molecule has 6 nitrogen and oxygen atoms in total. The monoisotopic (exact) mass is 573 g/mol. The molecule has 0 atom stereocenters. The van der Waals surface area contributed by atoms with Gasteiger partial charge in [0.05, 0.1) is 38.0 Å². The van der Waals surface area contributed by atoms with Crippen molar-refractivity contribution < 1.29 is 13.9 Å². The predicted molar refractivity (Wildman–Crippen MR) is 121 cm³/mol. The predicted octanol–water partition coefficient (Wildman–Crippen LogP) is 6.89. The van der Waals surface area contributed by atoms with Gasteiger partial charge in [0.15, 0.2) is 11.5 Å². The Balaban J connectivity index is 1.71. The number of hydrogen-bond donors (Lipinski definition) is 0. The second kappa shape index (κ2) is 9.59. The van der Waals surface area contributed by atoms with Gasteiger partial charge in [0.25, 0.3) is 5.91 Å². The lowest BCUT2D eigenvalue weighted by Gasteiger charge is -2.16. The van der Waals surface area contributed by atoms with Crippen LogP contribution >= 0.6 is 73.9 Å². The topological polar surface area (TPSA) is 60.5 Å². The first-order valence-electron chi connectivity index (χ1n) is 8.26. The Morgan fingerprint density at radius 1 is 1.13 bits per heavy atom. The van der Waals surface area contributed by atoms with E-state index in [0.29, 0.717) is 12.3 Å².